The summed E-state index contributed by atoms with van der Waals surface area (Å²) < 4.78 is 5.66. The van der Waals surface area contributed by atoms with Crippen molar-refractivity contribution in [2.75, 3.05) is 6.54 Å². The first kappa shape index (κ1) is 14.1. The van der Waals surface area contributed by atoms with E-state index in [0.29, 0.717) is 24.5 Å². The summed E-state index contributed by atoms with van der Waals surface area (Å²) in [6.07, 6.45) is 0. The van der Waals surface area contributed by atoms with Gasteiger partial charge >= 0.3 is 0 Å². The Labute approximate surface area is 131 Å². The van der Waals surface area contributed by atoms with E-state index in [1.54, 1.807) is 24.3 Å². The van der Waals surface area contributed by atoms with Gasteiger partial charge < -0.3 is 15.4 Å². The monoisotopic (exact) mass is 300 g/mol. The SMILES string of the molecule is O=C(N[C@@H]1CNC1=O)c1ccc(OCc2ccccc2)cc1.[HH].[HH]. The fourth-order valence-electron chi connectivity index (χ4n) is 2.09. The number of β-lactam (4-membered cyclic amide) rings is 1. The first-order valence-corrected chi connectivity index (χ1v) is 7.08. The topological polar surface area (TPSA) is 67.4 Å². The molecule has 0 bridgehead atoms. The Morgan fingerprint density at radius 2 is 1.91 bits per heavy atom. The molecule has 2 aromatic rings. The molecule has 22 heavy (non-hydrogen) atoms. The molecule has 1 saturated heterocycles. The van der Waals surface area contributed by atoms with Crippen molar-refractivity contribution in [2.45, 2.75) is 12.6 Å². The van der Waals surface area contributed by atoms with Crippen LogP contribution in [0.1, 0.15) is 18.8 Å². The lowest BCUT2D eigenvalue weighted by molar-refractivity contribution is -0.128. The van der Waals surface area contributed by atoms with Gasteiger partial charge in [-0.15, -0.1) is 0 Å². The predicted octanol–water partition coefficient (Wildman–Crippen LogP) is 1.99. The molecule has 0 aliphatic carbocycles. The average Bonchev–Trinajstić information content (AvgIpc) is 2.57. The highest BCUT2D eigenvalue weighted by Crippen LogP contribution is 2.14. The minimum absolute atomic E-state index is 0. The Kier molecular flexibility index (Phi) is 4.05. The van der Waals surface area contributed by atoms with Crippen LogP contribution in [0.2, 0.25) is 0 Å². The molecule has 2 N–H and O–H groups in total. The van der Waals surface area contributed by atoms with E-state index < -0.39 is 6.04 Å². The molecule has 5 heteroatoms. The van der Waals surface area contributed by atoms with Gasteiger partial charge in [-0.25, -0.2) is 0 Å². The van der Waals surface area contributed by atoms with Gasteiger partial charge in [0.1, 0.15) is 18.4 Å². The molecule has 1 aliphatic rings. The second kappa shape index (κ2) is 6.30. The molecule has 3 rings (SSSR count). The minimum atomic E-state index is -0.415. The number of hydrogen-bond acceptors (Lipinski definition) is 3. The maximum absolute atomic E-state index is 12.0. The second-order valence-corrected chi connectivity index (χ2v) is 5.07. The third-order valence-electron chi connectivity index (χ3n) is 3.47. The van der Waals surface area contributed by atoms with Gasteiger partial charge in [0.25, 0.3) is 5.91 Å². The number of nitrogens with one attached hydrogen (secondary N) is 2. The quantitative estimate of drug-likeness (QED) is 0.830. The highest BCUT2D eigenvalue weighted by atomic mass is 16.5. The minimum Gasteiger partial charge on any atom is -0.489 e. The number of hydrogen-bond donors (Lipinski definition) is 2. The molecule has 1 aliphatic heterocycles. The van der Waals surface area contributed by atoms with Crippen LogP contribution in [0, 0.1) is 0 Å². The summed E-state index contributed by atoms with van der Waals surface area (Å²) >= 11 is 0. The summed E-state index contributed by atoms with van der Waals surface area (Å²) in [5.74, 6) is 0.299. The van der Waals surface area contributed by atoms with Crippen molar-refractivity contribution in [3.05, 3.63) is 65.7 Å². The van der Waals surface area contributed by atoms with Gasteiger partial charge in [0.2, 0.25) is 5.91 Å². The number of benzene rings is 2. The third kappa shape index (κ3) is 3.25. The first-order valence-electron chi connectivity index (χ1n) is 7.08. The Morgan fingerprint density at radius 1 is 1.18 bits per heavy atom. The summed E-state index contributed by atoms with van der Waals surface area (Å²) in [5, 5.41) is 5.25. The van der Waals surface area contributed by atoms with Crippen LogP contribution in [0.15, 0.2) is 54.6 Å². The van der Waals surface area contributed by atoms with Crippen molar-refractivity contribution in [1.82, 2.24) is 10.6 Å². The summed E-state index contributed by atoms with van der Waals surface area (Å²) in [6.45, 7) is 0.970. The zero-order valence-electron chi connectivity index (χ0n) is 11.9. The van der Waals surface area contributed by atoms with Gasteiger partial charge in [-0.05, 0) is 29.8 Å². The van der Waals surface area contributed by atoms with Crippen LogP contribution >= 0.6 is 0 Å². The fourth-order valence-corrected chi connectivity index (χ4v) is 2.09. The van der Waals surface area contributed by atoms with Crippen LogP contribution in [0.4, 0.5) is 0 Å². The smallest absolute Gasteiger partial charge is 0.251 e. The van der Waals surface area contributed by atoms with Gasteiger partial charge in [-0.2, -0.15) is 0 Å². The average molecular weight is 300 g/mol. The standard InChI is InChI=1S/C17H16N2O3.2H2/c20-16(19-15-10-18-17(15)21)13-6-8-14(9-7-13)22-11-12-4-2-1-3-5-12;;/h1-9,15H,10-11H2,(H,18,21)(H,19,20);2*1H/t15-;;/m1../s1. The lowest BCUT2D eigenvalue weighted by Crippen LogP contribution is -2.61. The van der Waals surface area contributed by atoms with Crippen LogP contribution in [0.3, 0.4) is 0 Å². The summed E-state index contributed by atoms with van der Waals surface area (Å²) in [7, 11) is 0. The number of carbonyl (C=O) groups excluding carboxylic acids is 2. The van der Waals surface area contributed by atoms with Gasteiger partial charge in [0, 0.05) is 15.0 Å². The molecule has 1 fully saturated rings. The number of amides is 2. The molecule has 0 saturated carbocycles. The zero-order valence-corrected chi connectivity index (χ0v) is 11.9. The second-order valence-electron chi connectivity index (χ2n) is 5.07. The molecule has 116 valence electrons. The summed E-state index contributed by atoms with van der Waals surface area (Å²) in [5.41, 5.74) is 1.59. The fraction of sp³-hybridized carbons (Fsp3) is 0.176. The summed E-state index contributed by atoms with van der Waals surface area (Å²) in [6, 6.07) is 16.3. The number of rotatable bonds is 5. The number of carbonyl (C=O) groups is 2. The van der Waals surface area contributed by atoms with Crippen molar-refractivity contribution in [1.29, 1.82) is 0 Å². The van der Waals surface area contributed by atoms with Crippen LogP contribution in [0.25, 0.3) is 0 Å². The molecular formula is C17H20N2O3. The van der Waals surface area contributed by atoms with Crippen molar-refractivity contribution >= 4 is 11.8 Å². The maximum Gasteiger partial charge on any atom is 0.251 e. The van der Waals surface area contributed by atoms with Crippen LogP contribution in [-0.4, -0.2) is 24.4 Å². The van der Waals surface area contributed by atoms with Crippen LogP contribution < -0.4 is 15.4 Å². The highest BCUT2D eigenvalue weighted by molar-refractivity contribution is 5.99. The molecule has 2 aromatic carbocycles. The molecule has 0 aromatic heterocycles. The van der Waals surface area contributed by atoms with E-state index in [1.165, 1.54) is 0 Å². The van der Waals surface area contributed by atoms with E-state index in [0.717, 1.165) is 5.56 Å². The van der Waals surface area contributed by atoms with E-state index in [-0.39, 0.29) is 14.7 Å². The Morgan fingerprint density at radius 3 is 2.50 bits per heavy atom. The predicted molar refractivity (Wildman–Crippen MR) is 85.7 cm³/mol. The molecular weight excluding hydrogens is 280 g/mol. The van der Waals surface area contributed by atoms with Crippen molar-refractivity contribution in [2.24, 2.45) is 0 Å². The Hall–Kier alpha value is -2.82. The van der Waals surface area contributed by atoms with E-state index in [9.17, 15) is 9.59 Å². The molecule has 0 radical (unpaired) electrons. The zero-order chi connectivity index (χ0) is 15.4. The largest absolute Gasteiger partial charge is 0.489 e. The van der Waals surface area contributed by atoms with Crippen molar-refractivity contribution < 1.29 is 17.2 Å². The molecule has 0 spiro atoms. The van der Waals surface area contributed by atoms with E-state index in [1.807, 2.05) is 30.3 Å². The highest BCUT2D eigenvalue weighted by Gasteiger charge is 2.29. The summed E-state index contributed by atoms with van der Waals surface area (Å²) in [4.78, 5) is 23.1. The lowest BCUT2D eigenvalue weighted by atomic mass is 10.1. The molecule has 1 heterocycles. The maximum atomic E-state index is 12.0. The first-order chi connectivity index (χ1) is 10.7. The molecule has 5 nitrogen and oxygen atoms in total. The molecule has 2 amide bonds. The van der Waals surface area contributed by atoms with Gasteiger partial charge in [-0.3, -0.25) is 9.59 Å². The lowest BCUT2D eigenvalue weighted by Gasteiger charge is -2.26. The molecule has 0 unspecified atom stereocenters. The Balaban J connectivity index is 0.00000144. The van der Waals surface area contributed by atoms with E-state index >= 15 is 0 Å². The Bertz CT molecular complexity index is 678. The van der Waals surface area contributed by atoms with Crippen LogP contribution in [0.5, 0.6) is 5.75 Å². The van der Waals surface area contributed by atoms with Gasteiger partial charge in [-0.1, -0.05) is 30.3 Å². The van der Waals surface area contributed by atoms with Crippen molar-refractivity contribution in [3.8, 4) is 5.75 Å². The number of ether oxygens (including phenoxy) is 1. The van der Waals surface area contributed by atoms with E-state index in [4.69, 9.17) is 4.74 Å². The van der Waals surface area contributed by atoms with Crippen molar-refractivity contribution in [3.63, 3.8) is 0 Å². The van der Waals surface area contributed by atoms with Gasteiger partial charge in [0.15, 0.2) is 0 Å². The molecule has 1 atom stereocenters. The third-order valence-corrected chi connectivity index (χ3v) is 3.47. The normalized spacial score (nSPS) is 16.4. The van der Waals surface area contributed by atoms with Gasteiger partial charge in [0.05, 0.1) is 0 Å². The van der Waals surface area contributed by atoms with E-state index in [2.05, 4.69) is 10.6 Å². The van der Waals surface area contributed by atoms with Crippen LogP contribution in [-0.2, 0) is 11.4 Å².